The molecule has 0 aliphatic rings. The van der Waals surface area contributed by atoms with Crippen molar-refractivity contribution in [2.75, 3.05) is 6.54 Å². The van der Waals surface area contributed by atoms with Crippen molar-refractivity contribution >= 4 is 66.3 Å². The van der Waals surface area contributed by atoms with Crippen LogP contribution < -0.4 is 5.73 Å². The third-order valence-electron chi connectivity index (χ3n) is 2.37. The van der Waals surface area contributed by atoms with Crippen LogP contribution in [0.25, 0.3) is 0 Å². The zero-order valence-corrected chi connectivity index (χ0v) is 14.9. The van der Waals surface area contributed by atoms with E-state index in [0.29, 0.717) is 23.5 Å². The topological polar surface area (TPSA) is 46.3 Å². The maximum absolute atomic E-state index is 12.4. The molecule has 0 fully saturated rings. The van der Waals surface area contributed by atoms with Gasteiger partial charge in [0.15, 0.2) is 0 Å². The number of nitrogens with zero attached hydrogens (tertiary/aromatic N) is 1. The molecule has 2 N–H and O–H groups in total. The number of carbonyl (C=O) groups is 1. The summed E-state index contributed by atoms with van der Waals surface area (Å²) in [4.78, 5) is 14.6. The summed E-state index contributed by atoms with van der Waals surface area (Å²) in [6.07, 6.45) is 0.544. The summed E-state index contributed by atoms with van der Waals surface area (Å²) in [5, 5.41) is 0. The second-order valence-electron chi connectivity index (χ2n) is 4.05. The lowest BCUT2D eigenvalue weighted by Crippen LogP contribution is -2.38. The van der Waals surface area contributed by atoms with Crippen molar-refractivity contribution < 1.29 is 4.79 Å². The molecule has 0 spiro atoms. The highest BCUT2D eigenvalue weighted by Gasteiger charge is 2.22. The Bertz CT molecular complexity index is 460. The van der Waals surface area contributed by atoms with Gasteiger partial charge in [-0.05, 0) is 51.8 Å². The lowest BCUT2D eigenvalue weighted by Gasteiger charge is -2.26. The predicted molar refractivity (Wildman–Crippen MR) is 87.3 cm³/mol. The predicted octanol–water partition coefficient (Wildman–Crippen LogP) is 3.80. The summed E-state index contributed by atoms with van der Waals surface area (Å²) in [7, 11) is 0. The molecule has 1 heterocycles. The third-order valence-corrected chi connectivity index (χ3v) is 4.91. The summed E-state index contributed by atoms with van der Waals surface area (Å²) in [6, 6.07) is 1.94. The molecule has 3 nitrogen and oxygen atoms in total. The summed E-state index contributed by atoms with van der Waals surface area (Å²) in [5.74, 6) is -0.00456. The molecule has 1 aromatic rings. The van der Waals surface area contributed by atoms with E-state index >= 15 is 0 Å². The van der Waals surface area contributed by atoms with Crippen LogP contribution in [-0.2, 0) is 0 Å². The van der Waals surface area contributed by atoms with Crippen molar-refractivity contribution in [3.8, 4) is 0 Å². The molecular formula is C11H14Br2N2OS2. The monoisotopic (exact) mass is 412 g/mol. The van der Waals surface area contributed by atoms with Gasteiger partial charge < -0.3 is 10.6 Å². The lowest BCUT2D eigenvalue weighted by atomic mass is 10.2. The molecule has 0 radical (unpaired) electrons. The number of hydrogen-bond acceptors (Lipinski definition) is 3. The molecule has 0 atom stereocenters. The van der Waals surface area contributed by atoms with Crippen molar-refractivity contribution in [1.82, 2.24) is 4.90 Å². The number of nitrogens with two attached hydrogens (primary N) is 1. The molecular weight excluding hydrogens is 400 g/mol. The van der Waals surface area contributed by atoms with Crippen LogP contribution in [0.1, 0.15) is 30.6 Å². The Hall–Kier alpha value is 0.0200. The van der Waals surface area contributed by atoms with Crippen LogP contribution in [-0.4, -0.2) is 28.4 Å². The first kappa shape index (κ1) is 16.1. The zero-order valence-electron chi connectivity index (χ0n) is 10.1. The van der Waals surface area contributed by atoms with Gasteiger partial charge >= 0.3 is 0 Å². The number of rotatable bonds is 5. The van der Waals surface area contributed by atoms with Crippen molar-refractivity contribution in [1.29, 1.82) is 0 Å². The molecule has 1 aromatic heterocycles. The number of thiophene rings is 1. The zero-order chi connectivity index (χ0) is 13.9. The first-order valence-electron chi connectivity index (χ1n) is 5.37. The number of carbonyl (C=O) groups excluding carboxylic acids is 1. The van der Waals surface area contributed by atoms with Crippen molar-refractivity contribution in [3.63, 3.8) is 0 Å². The van der Waals surface area contributed by atoms with Gasteiger partial charge in [0.2, 0.25) is 0 Å². The van der Waals surface area contributed by atoms with E-state index in [1.54, 1.807) is 4.90 Å². The molecule has 0 saturated heterocycles. The molecule has 0 aliphatic carbocycles. The van der Waals surface area contributed by atoms with E-state index in [1.807, 2.05) is 19.9 Å². The van der Waals surface area contributed by atoms with Gasteiger partial charge in [-0.15, -0.1) is 11.3 Å². The molecule has 7 heteroatoms. The van der Waals surface area contributed by atoms with Gasteiger partial charge in [-0.3, -0.25) is 4.79 Å². The molecule has 0 unspecified atom stereocenters. The maximum Gasteiger partial charge on any atom is 0.256 e. The number of thiocarbonyl (C=S) groups is 1. The van der Waals surface area contributed by atoms with Crippen LogP contribution in [0.2, 0.25) is 0 Å². The van der Waals surface area contributed by atoms with Gasteiger partial charge in [-0.25, -0.2) is 0 Å². The van der Waals surface area contributed by atoms with Crippen LogP contribution in [0.3, 0.4) is 0 Å². The summed E-state index contributed by atoms with van der Waals surface area (Å²) in [5.41, 5.74) is 6.16. The van der Waals surface area contributed by atoms with Crippen LogP contribution in [0.4, 0.5) is 0 Å². The van der Waals surface area contributed by atoms with Gasteiger partial charge in [-0.2, -0.15) is 0 Å². The second-order valence-corrected chi connectivity index (χ2v) is 8.32. The largest absolute Gasteiger partial charge is 0.393 e. The SMILES string of the molecule is CC(C)N(CCC(N)=S)C(=O)c1cc(Br)sc1Br. The molecule has 0 saturated carbocycles. The quantitative estimate of drug-likeness (QED) is 0.746. The van der Waals surface area contributed by atoms with Crippen LogP contribution in [0.5, 0.6) is 0 Å². The Kier molecular flexibility index (Phi) is 6.23. The van der Waals surface area contributed by atoms with E-state index < -0.39 is 0 Å². The third kappa shape index (κ3) is 4.29. The standard InChI is InChI=1S/C11H14Br2N2OS2/c1-6(2)15(4-3-9(14)17)11(16)7-5-8(12)18-10(7)13/h5-6H,3-4H2,1-2H3,(H2,14,17). The Morgan fingerprint density at radius 1 is 1.56 bits per heavy atom. The highest BCUT2D eigenvalue weighted by Crippen LogP contribution is 2.32. The van der Waals surface area contributed by atoms with Crippen molar-refractivity contribution in [3.05, 3.63) is 19.2 Å². The van der Waals surface area contributed by atoms with E-state index in [0.717, 1.165) is 7.57 Å². The molecule has 0 bridgehead atoms. The second kappa shape index (κ2) is 6.98. The fourth-order valence-corrected chi connectivity index (χ4v) is 4.33. The highest BCUT2D eigenvalue weighted by atomic mass is 79.9. The highest BCUT2D eigenvalue weighted by molar-refractivity contribution is 9.12. The smallest absolute Gasteiger partial charge is 0.256 e. The molecule has 1 rings (SSSR count). The van der Waals surface area contributed by atoms with E-state index in [9.17, 15) is 4.79 Å². The summed E-state index contributed by atoms with van der Waals surface area (Å²) in [6.45, 7) is 4.51. The van der Waals surface area contributed by atoms with Crippen LogP contribution in [0, 0.1) is 0 Å². The van der Waals surface area contributed by atoms with E-state index in [2.05, 4.69) is 31.9 Å². The first-order valence-corrected chi connectivity index (χ1v) is 8.18. The molecule has 18 heavy (non-hydrogen) atoms. The van der Waals surface area contributed by atoms with E-state index in [1.165, 1.54) is 11.3 Å². The summed E-state index contributed by atoms with van der Waals surface area (Å²) >= 11 is 13.1. The average molecular weight is 414 g/mol. The van der Waals surface area contributed by atoms with E-state index in [4.69, 9.17) is 18.0 Å². The molecule has 0 aliphatic heterocycles. The molecule has 100 valence electrons. The number of amides is 1. The minimum atomic E-state index is -0.00456. The average Bonchev–Trinajstić information content (AvgIpc) is 2.56. The Morgan fingerprint density at radius 3 is 2.56 bits per heavy atom. The van der Waals surface area contributed by atoms with Gasteiger partial charge in [0, 0.05) is 19.0 Å². The first-order chi connectivity index (χ1) is 8.32. The minimum Gasteiger partial charge on any atom is -0.393 e. The fraction of sp³-hybridized carbons (Fsp3) is 0.455. The lowest BCUT2D eigenvalue weighted by molar-refractivity contribution is 0.0711. The number of halogens is 2. The normalized spacial score (nSPS) is 10.7. The maximum atomic E-state index is 12.4. The van der Waals surface area contributed by atoms with Crippen LogP contribution >= 0.6 is 55.4 Å². The van der Waals surface area contributed by atoms with Gasteiger partial charge in [0.25, 0.3) is 5.91 Å². The Balaban J connectivity index is 2.89. The van der Waals surface area contributed by atoms with E-state index in [-0.39, 0.29) is 11.9 Å². The summed E-state index contributed by atoms with van der Waals surface area (Å²) < 4.78 is 1.76. The Labute approximate surface area is 133 Å². The fourth-order valence-electron chi connectivity index (χ4n) is 1.47. The van der Waals surface area contributed by atoms with Gasteiger partial charge in [0.1, 0.15) is 0 Å². The molecule has 1 amide bonds. The van der Waals surface area contributed by atoms with Crippen molar-refractivity contribution in [2.24, 2.45) is 5.73 Å². The van der Waals surface area contributed by atoms with Gasteiger partial charge in [0.05, 0.1) is 18.1 Å². The Morgan fingerprint density at radius 2 is 2.17 bits per heavy atom. The minimum absolute atomic E-state index is 0.00456. The van der Waals surface area contributed by atoms with Crippen molar-refractivity contribution in [2.45, 2.75) is 26.3 Å². The number of hydrogen-bond donors (Lipinski definition) is 1. The van der Waals surface area contributed by atoms with Gasteiger partial charge in [-0.1, -0.05) is 12.2 Å². The van der Waals surface area contributed by atoms with Crippen LogP contribution in [0.15, 0.2) is 13.6 Å². The molecule has 0 aromatic carbocycles.